The molecular formula is C56H39P. The molecule has 9 aromatic carbocycles. The van der Waals surface area contributed by atoms with Gasteiger partial charge in [-0.15, -0.1) is 0 Å². The summed E-state index contributed by atoms with van der Waals surface area (Å²) in [7, 11) is -0.806. The molecule has 0 nitrogen and oxygen atoms in total. The van der Waals surface area contributed by atoms with Crippen molar-refractivity contribution in [1.82, 2.24) is 0 Å². The topological polar surface area (TPSA) is 0 Å². The van der Waals surface area contributed by atoms with Crippen molar-refractivity contribution < 1.29 is 0 Å². The first kappa shape index (κ1) is 33.7. The monoisotopic (exact) mass is 742 g/mol. The molecule has 57 heavy (non-hydrogen) atoms. The van der Waals surface area contributed by atoms with E-state index in [2.05, 4.69) is 212 Å². The molecule has 0 bridgehead atoms. The van der Waals surface area contributed by atoms with Crippen LogP contribution in [0.4, 0.5) is 0 Å². The molecule has 2 aliphatic rings. The SMILES string of the molecule is C1=CCCC(c2cccc(-c3c4c(c(-c5cccc(-c6ccccc6)c5)c5ccccc35)-c3ccc(P(c5ccccc5)c5ccccc5)c5cccc-4c35)c2)=C1. The highest BCUT2D eigenvalue weighted by molar-refractivity contribution is 7.80. The van der Waals surface area contributed by atoms with Crippen LogP contribution < -0.4 is 15.9 Å². The molecule has 0 spiro atoms. The summed E-state index contributed by atoms with van der Waals surface area (Å²) in [6.07, 6.45) is 8.93. The van der Waals surface area contributed by atoms with Gasteiger partial charge in [-0.25, -0.2) is 0 Å². The molecule has 0 atom stereocenters. The van der Waals surface area contributed by atoms with E-state index in [9.17, 15) is 0 Å². The van der Waals surface area contributed by atoms with E-state index in [0.29, 0.717) is 0 Å². The van der Waals surface area contributed by atoms with Gasteiger partial charge in [-0.1, -0.05) is 200 Å². The third-order valence-electron chi connectivity index (χ3n) is 11.8. The lowest BCUT2D eigenvalue weighted by atomic mass is 9.81. The average Bonchev–Trinajstić information content (AvgIpc) is 3.62. The third-order valence-corrected chi connectivity index (χ3v) is 14.3. The van der Waals surface area contributed by atoms with Gasteiger partial charge in [-0.2, -0.15) is 0 Å². The molecule has 268 valence electrons. The fourth-order valence-corrected chi connectivity index (χ4v) is 11.8. The minimum Gasteiger partial charge on any atom is -0.0842 e. The van der Waals surface area contributed by atoms with Crippen LogP contribution in [0.3, 0.4) is 0 Å². The molecule has 0 unspecified atom stereocenters. The molecule has 0 saturated carbocycles. The maximum atomic E-state index is 2.45. The Hall–Kier alpha value is -6.59. The summed E-state index contributed by atoms with van der Waals surface area (Å²) in [6, 6.07) is 72.6. The van der Waals surface area contributed by atoms with Gasteiger partial charge >= 0.3 is 0 Å². The van der Waals surface area contributed by atoms with E-state index in [1.165, 1.54) is 104 Å². The molecule has 0 fully saturated rings. The number of allylic oxidation sites excluding steroid dienone is 4. The second-order valence-electron chi connectivity index (χ2n) is 15.1. The molecule has 0 amide bonds. The number of hydrogen-bond acceptors (Lipinski definition) is 0. The molecule has 0 N–H and O–H groups in total. The van der Waals surface area contributed by atoms with Crippen LogP contribution in [-0.4, -0.2) is 0 Å². The first-order valence-corrected chi connectivity index (χ1v) is 21.3. The van der Waals surface area contributed by atoms with Crippen molar-refractivity contribution in [3.63, 3.8) is 0 Å². The van der Waals surface area contributed by atoms with Crippen molar-refractivity contribution >= 4 is 51.0 Å². The van der Waals surface area contributed by atoms with Crippen LogP contribution in [0.2, 0.25) is 0 Å². The minimum absolute atomic E-state index is 0.806. The van der Waals surface area contributed by atoms with E-state index in [0.717, 1.165) is 12.8 Å². The van der Waals surface area contributed by atoms with Gasteiger partial charge in [0.2, 0.25) is 0 Å². The predicted molar refractivity (Wildman–Crippen MR) is 247 cm³/mol. The highest BCUT2D eigenvalue weighted by atomic mass is 31.1. The van der Waals surface area contributed by atoms with Crippen LogP contribution in [-0.2, 0) is 0 Å². The second-order valence-corrected chi connectivity index (χ2v) is 17.3. The first-order valence-electron chi connectivity index (χ1n) is 20.0. The lowest BCUT2D eigenvalue weighted by molar-refractivity contribution is 1.05. The largest absolute Gasteiger partial charge is 0.0842 e. The summed E-state index contributed by atoms with van der Waals surface area (Å²) in [4.78, 5) is 0. The summed E-state index contributed by atoms with van der Waals surface area (Å²) < 4.78 is 0. The highest BCUT2D eigenvalue weighted by Crippen LogP contribution is 2.58. The van der Waals surface area contributed by atoms with Crippen LogP contribution in [0, 0.1) is 0 Å². The molecule has 0 aliphatic heterocycles. The number of fused-ring (bicyclic) bond motifs is 4. The van der Waals surface area contributed by atoms with Crippen molar-refractivity contribution in [2.24, 2.45) is 0 Å². The summed E-state index contributed by atoms with van der Waals surface area (Å²) in [5.74, 6) is 0. The van der Waals surface area contributed by atoms with Crippen LogP contribution in [0.5, 0.6) is 0 Å². The molecule has 0 saturated heterocycles. The molecule has 9 aromatic rings. The molecule has 2 aliphatic carbocycles. The van der Waals surface area contributed by atoms with Crippen molar-refractivity contribution in [3.05, 3.63) is 218 Å². The zero-order chi connectivity index (χ0) is 37.7. The van der Waals surface area contributed by atoms with E-state index < -0.39 is 7.92 Å². The van der Waals surface area contributed by atoms with Crippen molar-refractivity contribution in [2.75, 3.05) is 0 Å². The van der Waals surface area contributed by atoms with Crippen molar-refractivity contribution in [3.8, 4) is 55.6 Å². The smallest absolute Gasteiger partial charge is 0.000740 e. The van der Waals surface area contributed by atoms with E-state index in [1.807, 2.05) is 0 Å². The molecule has 0 heterocycles. The standard InChI is InChI=1S/C56H39P/c1-5-18-38(19-6-1)40-22-15-24-42(36-40)52-46-30-13-14-31-47(46)53(43-25-16-23-41(37-43)39-20-7-2-8-21-39)56-50-34-35-51(48-32-17-33-49(54(48)50)55(52)56)57(44-26-9-3-10-27-44)45-28-11-4-12-29-45/h1-5,7-18,20-37H,6,19H2. The molecule has 0 aromatic heterocycles. The summed E-state index contributed by atoms with van der Waals surface area (Å²) in [5, 5.41) is 9.39. The fraction of sp³-hybridized carbons (Fsp3) is 0.0357. The second kappa shape index (κ2) is 14.2. The maximum Gasteiger partial charge on any atom is -0.000740 e. The Morgan fingerprint density at radius 2 is 0.877 bits per heavy atom. The zero-order valence-electron chi connectivity index (χ0n) is 31.6. The lowest BCUT2D eigenvalue weighted by Crippen LogP contribution is -2.21. The molecule has 1 heteroatoms. The number of benzene rings is 9. The van der Waals surface area contributed by atoms with E-state index in [4.69, 9.17) is 0 Å². The maximum absolute atomic E-state index is 2.45. The van der Waals surface area contributed by atoms with Gasteiger partial charge in [-0.05, 0) is 137 Å². The summed E-state index contributed by atoms with van der Waals surface area (Å²) in [5.41, 5.74) is 15.6. The summed E-state index contributed by atoms with van der Waals surface area (Å²) in [6.45, 7) is 0. The average molecular weight is 743 g/mol. The van der Waals surface area contributed by atoms with Crippen molar-refractivity contribution in [1.29, 1.82) is 0 Å². The predicted octanol–water partition coefficient (Wildman–Crippen LogP) is 14.1. The van der Waals surface area contributed by atoms with Gasteiger partial charge in [0.15, 0.2) is 0 Å². The molecule has 11 rings (SSSR count). The zero-order valence-corrected chi connectivity index (χ0v) is 32.5. The molecular weight excluding hydrogens is 704 g/mol. The Morgan fingerprint density at radius 1 is 0.368 bits per heavy atom. The van der Waals surface area contributed by atoms with Crippen LogP contribution >= 0.6 is 7.92 Å². The van der Waals surface area contributed by atoms with Gasteiger partial charge in [0.25, 0.3) is 0 Å². The Bertz CT molecular complexity index is 3010. The van der Waals surface area contributed by atoms with Crippen LogP contribution in [0.1, 0.15) is 18.4 Å². The van der Waals surface area contributed by atoms with Gasteiger partial charge in [0.1, 0.15) is 0 Å². The highest BCUT2D eigenvalue weighted by Gasteiger charge is 2.32. The van der Waals surface area contributed by atoms with Gasteiger partial charge in [0, 0.05) is 0 Å². The van der Waals surface area contributed by atoms with Gasteiger partial charge < -0.3 is 0 Å². The van der Waals surface area contributed by atoms with Crippen LogP contribution in [0.25, 0.3) is 82.8 Å². The Kier molecular flexibility index (Phi) is 8.38. The Balaban J connectivity index is 1.24. The summed E-state index contributed by atoms with van der Waals surface area (Å²) >= 11 is 0. The number of rotatable bonds is 7. The van der Waals surface area contributed by atoms with E-state index in [-0.39, 0.29) is 0 Å². The third kappa shape index (κ3) is 5.71. The normalized spacial score (nSPS) is 13.0. The quantitative estimate of drug-likeness (QED) is 0.143. The Morgan fingerprint density at radius 3 is 1.51 bits per heavy atom. The Labute approximate surface area is 335 Å². The van der Waals surface area contributed by atoms with E-state index >= 15 is 0 Å². The molecule has 0 radical (unpaired) electrons. The van der Waals surface area contributed by atoms with Crippen molar-refractivity contribution in [2.45, 2.75) is 12.8 Å². The van der Waals surface area contributed by atoms with E-state index in [1.54, 1.807) is 0 Å². The van der Waals surface area contributed by atoms with Crippen LogP contribution in [0.15, 0.2) is 212 Å². The number of hydrogen-bond donors (Lipinski definition) is 0. The van der Waals surface area contributed by atoms with Gasteiger partial charge in [-0.3, -0.25) is 0 Å². The fourth-order valence-electron chi connectivity index (χ4n) is 9.36. The van der Waals surface area contributed by atoms with Gasteiger partial charge in [0.05, 0.1) is 0 Å². The minimum atomic E-state index is -0.806. The lowest BCUT2D eigenvalue weighted by Gasteiger charge is -2.22. The first-order chi connectivity index (χ1) is 28.3.